The Balaban J connectivity index is 1.68. The van der Waals surface area contributed by atoms with Crippen molar-refractivity contribution in [2.24, 2.45) is 0 Å². The van der Waals surface area contributed by atoms with E-state index in [9.17, 15) is 14.0 Å². The van der Waals surface area contributed by atoms with Crippen LogP contribution in [-0.4, -0.2) is 56.1 Å². The molecule has 156 valence electrons. The standard InChI is InChI=1S/C20H27FN6O2/c1-3-4-19(28)22-17-9-11-26(12-10-17)20(29)18(27-14(2)23-24-25-27)13-15-5-7-16(21)8-6-15/h5-8,17-18H,3-4,9-13H2,1-2H3,(H,22,28)/t18-/m0/s1. The van der Waals surface area contributed by atoms with Gasteiger partial charge in [-0.3, -0.25) is 9.59 Å². The molecule has 1 aromatic carbocycles. The summed E-state index contributed by atoms with van der Waals surface area (Å²) in [4.78, 5) is 26.9. The molecule has 3 rings (SSSR count). The number of benzene rings is 1. The third-order valence-corrected chi connectivity index (χ3v) is 5.23. The van der Waals surface area contributed by atoms with Gasteiger partial charge in [-0.25, -0.2) is 9.07 Å². The fourth-order valence-corrected chi connectivity index (χ4v) is 3.63. The van der Waals surface area contributed by atoms with Crippen LogP contribution in [0.2, 0.25) is 0 Å². The van der Waals surface area contributed by atoms with Crippen molar-refractivity contribution in [2.45, 2.75) is 58.0 Å². The summed E-state index contributed by atoms with van der Waals surface area (Å²) in [5, 5.41) is 14.6. The van der Waals surface area contributed by atoms with Crippen LogP contribution in [-0.2, 0) is 16.0 Å². The molecule has 0 aliphatic carbocycles. The number of carbonyl (C=O) groups is 2. The first-order valence-corrected chi connectivity index (χ1v) is 10.0. The van der Waals surface area contributed by atoms with E-state index in [4.69, 9.17) is 0 Å². The summed E-state index contributed by atoms with van der Waals surface area (Å²) < 4.78 is 14.8. The number of carbonyl (C=O) groups excluding carboxylic acids is 2. The molecule has 2 heterocycles. The minimum absolute atomic E-state index is 0.0655. The highest BCUT2D eigenvalue weighted by Crippen LogP contribution is 2.21. The molecule has 0 saturated carbocycles. The van der Waals surface area contributed by atoms with Gasteiger partial charge in [0.2, 0.25) is 11.8 Å². The molecule has 1 atom stereocenters. The van der Waals surface area contributed by atoms with E-state index >= 15 is 0 Å². The predicted molar refractivity (Wildman–Crippen MR) is 104 cm³/mol. The number of hydrogen-bond donors (Lipinski definition) is 1. The van der Waals surface area contributed by atoms with Gasteiger partial charge < -0.3 is 10.2 Å². The molecular formula is C20H27FN6O2. The van der Waals surface area contributed by atoms with Gasteiger partial charge in [0.15, 0.2) is 0 Å². The molecular weight excluding hydrogens is 375 g/mol. The Morgan fingerprint density at radius 2 is 1.93 bits per heavy atom. The first kappa shape index (κ1) is 20.9. The SMILES string of the molecule is CCCC(=O)NC1CCN(C(=O)[C@H](Cc2ccc(F)cc2)n2nnnc2C)CC1. The van der Waals surface area contributed by atoms with E-state index in [2.05, 4.69) is 20.8 Å². The lowest BCUT2D eigenvalue weighted by Crippen LogP contribution is -2.48. The number of tetrazole rings is 1. The predicted octanol–water partition coefficient (Wildman–Crippen LogP) is 1.81. The van der Waals surface area contributed by atoms with Crippen LogP contribution in [0.3, 0.4) is 0 Å². The van der Waals surface area contributed by atoms with Gasteiger partial charge in [-0.2, -0.15) is 0 Å². The monoisotopic (exact) mass is 402 g/mol. The molecule has 9 heteroatoms. The Bertz CT molecular complexity index is 830. The van der Waals surface area contributed by atoms with Crippen molar-refractivity contribution >= 4 is 11.8 Å². The molecule has 0 radical (unpaired) electrons. The lowest BCUT2D eigenvalue weighted by atomic mass is 10.0. The fourth-order valence-electron chi connectivity index (χ4n) is 3.63. The van der Waals surface area contributed by atoms with Crippen molar-refractivity contribution in [1.29, 1.82) is 0 Å². The molecule has 8 nitrogen and oxygen atoms in total. The van der Waals surface area contributed by atoms with E-state index < -0.39 is 6.04 Å². The highest BCUT2D eigenvalue weighted by atomic mass is 19.1. The molecule has 1 aromatic heterocycles. The largest absolute Gasteiger partial charge is 0.353 e. The van der Waals surface area contributed by atoms with Crippen LogP contribution in [0.15, 0.2) is 24.3 Å². The Labute approximate surface area is 169 Å². The Hall–Kier alpha value is -2.84. The minimum Gasteiger partial charge on any atom is -0.353 e. The van der Waals surface area contributed by atoms with Gasteiger partial charge in [-0.1, -0.05) is 19.1 Å². The molecule has 2 aromatic rings. The second kappa shape index (κ2) is 9.58. The second-order valence-corrected chi connectivity index (χ2v) is 7.43. The number of nitrogens with zero attached hydrogens (tertiary/aromatic N) is 5. The van der Waals surface area contributed by atoms with Crippen LogP contribution in [0, 0.1) is 12.7 Å². The lowest BCUT2D eigenvalue weighted by molar-refractivity contribution is -0.136. The zero-order chi connectivity index (χ0) is 20.8. The van der Waals surface area contributed by atoms with Crippen molar-refractivity contribution in [2.75, 3.05) is 13.1 Å². The highest BCUT2D eigenvalue weighted by molar-refractivity contribution is 5.81. The van der Waals surface area contributed by atoms with Gasteiger partial charge in [0, 0.05) is 32.0 Å². The van der Waals surface area contributed by atoms with Crippen LogP contribution < -0.4 is 5.32 Å². The van der Waals surface area contributed by atoms with Crippen LogP contribution in [0.25, 0.3) is 0 Å². The van der Waals surface area contributed by atoms with E-state index in [1.165, 1.54) is 16.8 Å². The Morgan fingerprint density at radius 3 is 2.52 bits per heavy atom. The second-order valence-electron chi connectivity index (χ2n) is 7.43. The number of aromatic nitrogens is 4. The quantitative estimate of drug-likeness (QED) is 0.762. The summed E-state index contributed by atoms with van der Waals surface area (Å²) in [5.74, 6) is 0.230. The van der Waals surface area contributed by atoms with Crippen LogP contribution >= 0.6 is 0 Å². The van der Waals surface area contributed by atoms with E-state index in [1.54, 1.807) is 24.0 Å². The van der Waals surface area contributed by atoms with Gasteiger partial charge >= 0.3 is 0 Å². The lowest BCUT2D eigenvalue weighted by Gasteiger charge is -2.34. The molecule has 1 aliphatic rings. The minimum atomic E-state index is -0.596. The molecule has 0 unspecified atom stereocenters. The Kier molecular flexibility index (Phi) is 6.90. The molecule has 2 amide bonds. The number of hydrogen-bond acceptors (Lipinski definition) is 5. The van der Waals surface area contributed by atoms with Crippen LogP contribution in [0.5, 0.6) is 0 Å². The van der Waals surface area contributed by atoms with Gasteiger partial charge in [0.1, 0.15) is 17.7 Å². The highest BCUT2D eigenvalue weighted by Gasteiger charge is 2.31. The number of likely N-dealkylation sites (tertiary alicyclic amines) is 1. The van der Waals surface area contributed by atoms with E-state index in [0.717, 1.165) is 24.8 Å². The average molecular weight is 402 g/mol. The van der Waals surface area contributed by atoms with Crippen LogP contribution in [0.1, 0.15) is 50.0 Å². The molecule has 0 spiro atoms. The summed E-state index contributed by atoms with van der Waals surface area (Å²) in [6, 6.07) is 5.61. The van der Waals surface area contributed by atoms with Crippen molar-refractivity contribution in [1.82, 2.24) is 30.4 Å². The summed E-state index contributed by atoms with van der Waals surface area (Å²) >= 11 is 0. The molecule has 0 bridgehead atoms. The van der Waals surface area contributed by atoms with Gasteiger partial charge in [0.05, 0.1) is 0 Å². The van der Waals surface area contributed by atoms with Crippen LogP contribution in [0.4, 0.5) is 4.39 Å². The van der Waals surface area contributed by atoms with E-state index in [-0.39, 0.29) is 23.7 Å². The number of halogens is 1. The summed E-state index contributed by atoms with van der Waals surface area (Å²) in [7, 11) is 0. The summed E-state index contributed by atoms with van der Waals surface area (Å²) in [6.07, 6.45) is 3.16. The van der Waals surface area contributed by atoms with Gasteiger partial charge in [-0.15, -0.1) is 5.10 Å². The van der Waals surface area contributed by atoms with Crippen molar-refractivity contribution in [3.8, 4) is 0 Å². The van der Waals surface area contributed by atoms with E-state index in [0.29, 0.717) is 31.8 Å². The maximum absolute atomic E-state index is 13.3. The van der Waals surface area contributed by atoms with E-state index in [1.807, 2.05) is 6.92 Å². The number of aryl methyl sites for hydroxylation is 1. The summed E-state index contributed by atoms with van der Waals surface area (Å²) in [5.41, 5.74) is 0.835. The normalized spacial score (nSPS) is 15.9. The maximum atomic E-state index is 13.3. The van der Waals surface area contributed by atoms with Crippen molar-refractivity contribution < 1.29 is 14.0 Å². The fraction of sp³-hybridized carbons (Fsp3) is 0.550. The summed E-state index contributed by atoms with van der Waals surface area (Å²) in [6.45, 7) is 4.86. The zero-order valence-electron chi connectivity index (χ0n) is 16.8. The molecule has 1 aliphatic heterocycles. The number of rotatable bonds is 7. The van der Waals surface area contributed by atoms with Crippen molar-refractivity contribution in [3.05, 3.63) is 41.5 Å². The van der Waals surface area contributed by atoms with Gasteiger partial charge in [0.25, 0.3) is 0 Å². The zero-order valence-corrected chi connectivity index (χ0v) is 16.8. The number of piperidine rings is 1. The maximum Gasteiger partial charge on any atom is 0.247 e. The average Bonchev–Trinajstić information content (AvgIpc) is 3.13. The number of amides is 2. The molecule has 29 heavy (non-hydrogen) atoms. The molecule has 1 saturated heterocycles. The Morgan fingerprint density at radius 1 is 1.24 bits per heavy atom. The first-order chi connectivity index (χ1) is 14.0. The van der Waals surface area contributed by atoms with Crippen molar-refractivity contribution in [3.63, 3.8) is 0 Å². The third kappa shape index (κ3) is 5.36. The first-order valence-electron chi connectivity index (χ1n) is 10.0. The molecule has 1 N–H and O–H groups in total. The number of nitrogens with one attached hydrogen (secondary N) is 1. The topological polar surface area (TPSA) is 93.0 Å². The van der Waals surface area contributed by atoms with Gasteiger partial charge in [-0.05, 0) is 54.3 Å². The molecule has 1 fully saturated rings. The smallest absolute Gasteiger partial charge is 0.247 e. The third-order valence-electron chi connectivity index (χ3n) is 5.23.